The Kier molecular flexibility index (Phi) is 9.91. The number of carbonyl (C=O) groups is 2. The van der Waals surface area contributed by atoms with E-state index in [2.05, 4.69) is 26.2 Å². The number of allylic oxidation sites excluding steroid dienone is 1. The Morgan fingerprint density at radius 3 is 2.45 bits per heavy atom. The molecule has 0 bridgehead atoms. The highest BCUT2D eigenvalue weighted by Crippen LogP contribution is 2.47. The van der Waals surface area contributed by atoms with Gasteiger partial charge >= 0.3 is 0 Å². The summed E-state index contributed by atoms with van der Waals surface area (Å²) < 4.78 is 8.67. The lowest BCUT2D eigenvalue weighted by molar-refractivity contribution is -0.139. The van der Waals surface area contributed by atoms with E-state index in [1.54, 1.807) is 32.7 Å². The normalized spacial score (nSPS) is 17.4. The van der Waals surface area contributed by atoms with Crippen LogP contribution in [0.2, 0.25) is 0 Å². The summed E-state index contributed by atoms with van der Waals surface area (Å²) >= 11 is 3.55. The fraction of sp³-hybridized carbons (Fsp3) is 0.182. The molecular weight excluding hydrogens is 758 g/mol. The second-order valence-electron chi connectivity index (χ2n) is 13.8. The van der Waals surface area contributed by atoms with Gasteiger partial charge in [0, 0.05) is 34.4 Å². The van der Waals surface area contributed by atoms with Crippen LogP contribution in [0.15, 0.2) is 144 Å². The molecule has 0 saturated heterocycles. The summed E-state index contributed by atoms with van der Waals surface area (Å²) in [7, 11) is 0. The Morgan fingerprint density at radius 2 is 1.64 bits per heavy atom. The SMILES string of the molecule is C[C@@H](/C=C/CCn1cc(C(CO)c2ccccc2)nn1)[C@]1(O)C(=O)N(Cc2cccc(N3C(=O)c4ccccc4Oc4ccccc43)c2)c2ccc(Br)cc21. The molecule has 6 aromatic rings. The maximum Gasteiger partial charge on any atom is 0.266 e. The zero-order valence-corrected chi connectivity index (χ0v) is 31.6. The number of aliphatic hydroxyl groups excluding tert-OH is 1. The molecule has 3 heterocycles. The largest absolute Gasteiger partial charge is 0.454 e. The minimum absolute atomic E-state index is 0.0795. The molecule has 276 valence electrons. The van der Waals surface area contributed by atoms with Gasteiger partial charge in [0.05, 0.1) is 41.7 Å². The van der Waals surface area contributed by atoms with Crippen LogP contribution in [0.25, 0.3) is 0 Å². The molecule has 2 aliphatic rings. The van der Waals surface area contributed by atoms with Crippen LogP contribution in [-0.2, 0) is 23.5 Å². The van der Waals surface area contributed by atoms with Crippen LogP contribution >= 0.6 is 15.9 Å². The molecule has 2 aliphatic heterocycles. The summed E-state index contributed by atoms with van der Waals surface area (Å²) in [5.41, 5.74) is 3.41. The number of halogens is 1. The Hall–Kier alpha value is -5.88. The number of nitrogens with zero attached hydrogens (tertiary/aromatic N) is 5. The first-order chi connectivity index (χ1) is 26.8. The zero-order chi connectivity index (χ0) is 38.1. The quantitative estimate of drug-likeness (QED) is 0.127. The van der Waals surface area contributed by atoms with Crippen molar-refractivity contribution in [3.05, 3.63) is 172 Å². The molecule has 3 atom stereocenters. The van der Waals surface area contributed by atoms with Crippen molar-refractivity contribution in [2.24, 2.45) is 5.92 Å². The van der Waals surface area contributed by atoms with Gasteiger partial charge in [0.2, 0.25) is 0 Å². The Labute approximate surface area is 327 Å². The lowest BCUT2D eigenvalue weighted by Crippen LogP contribution is -2.44. The van der Waals surface area contributed by atoms with Crippen molar-refractivity contribution in [1.82, 2.24) is 15.0 Å². The standard InChI is InChI=1S/C44H38BrN5O5/c1-29(12-9-10-23-48-27-37(46-47-48)35(28-51)31-14-3-2-4-15-31)44(54)36-25-32(45)21-22-38(36)49(43(44)53)26-30-13-11-16-33(24-30)50-39-18-6-8-20-41(39)55-40-19-7-5-17-34(40)42(50)52/h2-9,11-22,24-25,27,29,35,51,54H,10,23,26,28H2,1H3/b12-9+/t29-,35?,44+/m0/s1. The zero-order valence-electron chi connectivity index (χ0n) is 30.0. The van der Waals surface area contributed by atoms with Crippen molar-refractivity contribution >= 4 is 44.8 Å². The van der Waals surface area contributed by atoms with Gasteiger partial charge < -0.3 is 19.8 Å². The van der Waals surface area contributed by atoms with Gasteiger partial charge in [-0.25, -0.2) is 0 Å². The van der Waals surface area contributed by atoms with Crippen molar-refractivity contribution in [2.45, 2.75) is 38.0 Å². The molecule has 1 unspecified atom stereocenters. The van der Waals surface area contributed by atoms with Crippen molar-refractivity contribution in [3.8, 4) is 11.5 Å². The van der Waals surface area contributed by atoms with Crippen LogP contribution in [0.3, 0.4) is 0 Å². The van der Waals surface area contributed by atoms with Gasteiger partial charge in [0.1, 0.15) is 5.75 Å². The number of amides is 2. The number of hydrogen-bond donors (Lipinski definition) is 2. The van der Waals surface area contributed by atoms with Crippen molar-refractivity contribution in [3.63, 3.8) is 0 Å². The smallest absolute Gasteiger partial charge is 0.266 e. The minimum atomic E-state index is -1.82. The van der Waals surface area contributed by atoms with Gasteiger partial charge in [-0.2, -0.15) is 0 Å². The molecule has 0 aliphatic carbocycles. The molecule has 2 N–H and O–H groups in total. The van der Waals surface area contributed by atoms with Crippen molar-refractivity contribution in [2.75, 3.05) is 16.4 Å². The number of carbonyl (C=O) groups excluding carboxylic acids is 2. The van der Waals surface area contributed by atoms with E-state index in [1.165, 1.54) is 0 Å². The molecule has 11 heteroatoms. The van der Waals surface area contributed by atoms with Crippen LogP contribution in [-0.4, -0.2) is 43.6 Å². The second kappa shape index (κ2) is 15.1. The third-order valence-corrected chi connectivity index (χ3v) is 10.8. The number of rotatable bonds is 11. The molecule has 8 rings (SSSR count). The fourth-order valence-electron chi connectivity index (χ4n) is 7.40. The summed E-state index contributed by atoms with van der Waals surface area (Å²) in [6.07, 6.45) is 6.24. The lowest BCUT2D eigenvalue weighted by Gasteiger charge is -2.28. The third kappa shape index (κ3) is 6.75. The summed E-state index contributed by atoms with van der Waals surface area (Å²) in [4.78, 5) is 31.7. The van der Waals surface area contributed by atoms with Gasteiger partial charge in [0.25, 0.3) is 11.8 Å². The molecular formula is C44H38BrN5O5. The number of benzene rings is 5. The monoisotopic (exact) mass is 795 g/mol. The van der Waals surface area contributed by atoms with Gasteiger partial charge in [-0.15, -0.1) is 5.10 Å². The van der Waals surface area contributed by atoms with Gasteiger partial charge in [0.15, 0.2) is 11.4 Å². The minimum Gasteiger partial charge on any atom is -0.454 e. The first-order valence-corrected chi connectivity index (χ1v) is 18.9. The first kappa shape index (κ1) is 36.1. The first-order valence-electron chi connectivity index (χ1n) is 18.1. The number of para-hydroxylation sites is 3. The molecule has 5 aromatic carbocycles. The van der Waals surface area contributed by atoms with Crippen LogP contribution in [0, 0.1) is 5.92 Å². The molecule has 0 fully saturated rings. The average Bonchev–Trinajstić information content (AvgIpc) is 3.71. The van der Waals surface area contributed by atoms with E-state index in [-0.39, 0.29) is 25.0 Å². The number of aliphatic hydroxyl groups is 2. The molecule has 55 heavy (non-hydrogen) atoms. The lowest BCUT2D eigenvalue weighted by atomic mass is 9.83. The maximum atomic E-state index is 14.4. The highest BCUT2D eigenvalue weighted by Gasteiger charge is 2.52. The molecule has 10 nitrogen and oxygen atoms in total. The van der Waals surface area contributed by atoms with E-state index in [9.17, 15) is 19.8 Å². The fourth-order valence-corrected chi connectivity index (χ4v) is 7.76. The second-order valence-corrected chi connectivity index (χ2v) is 14.7. The van der Waals surface area contributed by atoms with E-state index in [4.69, 9.17) is 4.74 Å². The third-order valence-electron chi connectivity index (χ3n) is 10.3. The van der Waals surface area contributed by atoms with Crippen molar-refractivity contribution < 1.29 is 24.5 Å². The highest BCUT2D eigenvalue weighted by atomic mass is 79.9. The Bertz CT molecular complexity index is 2420. The van der Waals surface area contributed by atoms with E-state index in [0.29, 0.717) is 58.3 Å². The number of fused-ring (bicyclic) bond motifs is 3. The Morgan fingerprint density at radius 1 is 0.873 bits per heavy atom. The summed E-state index contributed by atoms with van der Waals surface area (Å²) in [5.74, 6) is -0.465. The number of anilines is 3. The van der Waals surface area contributed by atoms with Crippen molar-refractivity contribution in [1.29, 1.82) is 0 Å². The van der Waals surface area contributed by atoms with Gasteiger partial charge in [-0.1, -0.05) is 107 Å². The molecule has 0 radical (unpaired) electrons. The number of hydrogen-bond acceptors (Lipinski definition) is 7. The molecule has 2 amide bonds. The van der Waals surface area contributed by atoms with Gasteiger partial charge in [-0.3, -0.25) is 19.2 Å². The van der Waals surface area contributed by atoms with Gasteiger partial charge in [-0.05, 0) is 72.1 Å². The number of ether oxygens (including phenoxy) is 1. The predicted molar refractivity (Wildman–Crippen MR) is 213 cm³/mol. The summed E-state index contributed by atoms with van der Waals surface area (Å²) in [6, 6.07) is 37.3. The van der Waals surface area contributed by atoms with Crippen LogP contribution in [0.5, 0.6) is 11.5 Å². The molecule has 0 spiro atoms. The van der Waals surface area contributed by atoms with E-state index in [0.717, 1.165) is 15.6 Å². The van der Waals surface area contributed by atoms with E-state index in [1.807, 2.05) is 128 Å². The van der Waals surface area contributed by atoms with Crippen LogP contribution in [0.1, 0.15) is 52.0 Å². The number of aryl methyl sites for hydroxylation is 1. The summed E-state index contributed by atoms with van der Waals surface area (Å²) in [5, 5.41) is 30.9. The van der Waals surface area contributed by atoms with Crippen LogP contribution in [0.4, 0.5) is 17.1 Å². The molecule has 1 aromatic heterocycles. The van der Waals surface area contributed by atoms with Crippen LogP contribution < -0.4 is 14.5 Å². The Balaban J connectivity index is 1.02. The maximum absolute atomic E-state index is 14.4. The molecule has 0 saturated carbocycles. The average molecular weight is 797 g/mol. The summed E-state index contributed by atoms with van der Waals surface area (Å²) in [6.45, 7) is 2.46. The topological polar surface area (TPSA) is 121 Å². The number of aromatic nitrogens is 3. The highest BCUT2D eigenvalue weighted by molar-refractivity contribution is 9.10. The van der Waals surface area contributed by atoms with E-state index < -0.39 is 17.4 Å². The predicted octanol–water partition coefficient (Wildman–Crippen LogP) is 8.27. The van der Waals surface area contributed by atoms with E-state index >= 15 is 0 Å².